The van der Waals surface area contributed by atoms with E-state index in [2.05, 4.69) is 10.1 Å². The van der Waals surface area contributed by atoms with Crippen LogP contribution in [0.5, 0.6) is 0 Å². The van der Waals surface area contributed by atoms with Crippen molar-refractivity contribution in [2.24, 2.45) is 0 Å². The fraction of sp³-hybridized carbons (Fsp3) is 0.304. The van der Waals surface area contributed by atoms with Crippen molar-refractivity contribution in [3.8, 4) is 17.5 Å². The van der Waals surface area contributed by atoms with E-state index in [-0.39, 0.29) is 49.0 Å². The van der Waals surface area contributed by atoms with Crippen LogP contribution in [0.25, 0.3) is 11.4 Å². The summed E-state index contributed by atoms with van der Waals surface area (Å²) in [4.78, 5) is 18.6. The second-order valence-electron chi connectivity index (χ2n) is 7.77. The Morgan fingerprint density at radius 1 is 1.09 bits per heavy atom. The fourth-order valence-corrected chi connectivity index (χ4v) is 5.21. The summed E-state index contributed by atoms with van der Waals surface area (Å²) < 4.78 is 32.5. The van der Waals surface area contributed by atoms with Crippen LogP contribution in [-0.4, -0.2) is 59.8 Å². The molecule has 1 amide bonds. The zero-order valence-corrected chi connectivity index (χ0v) is 19.0. The van der Waals surface area contributed by atoms with Gasteiger partial charge in [0.15, 0.2) is 0 Å². The molecule has 1 saturated heterocycles. The summed E-state index contributed by atoms with van der Waals surface area (Å²) in [5.74, 6) is 0.765. The van der Waals surface area contributed by atoms with E-state index in [1.54, 1.807) is 17.0 Å². The van der Waals surface area contributed by atoms with Crippen LogP contribution >= 0.6 is 0 Å². The summed E-state index contributed by atoms with van der Waals surface area (Å²) in [6.07, 6.45) is 0.505. The van der Waals surface area contributed by atoms with Gasteiger partial charge in [0.05, 0.1) is 10.5 Å². The summed E-state index contributed by atoms with van der Waals surface area (Å²) in [5, 5.41) is 13.2. The highest BCUT2D eigenvalue weighted by molar-refractivity contribution is 7.89. The highest BCUT2D eigenvalue weighted by atomic mass is 32.2. The average molecular weight is 466 g/mol. The van der Waals surface area contributed by atoms with E-state index in [4.69, 9.17) is 4.52 Å². The monoisotopic (exact) mass is 465 g/mol. The number of hydrogen-bond acceptors (Lipinski definition) is 7. The van der Waals surface area contributed by atoms with Crippen LogP contribution in [0, 0.1) is 18.3 Å². The van der Waals surface area contributed by atoms with Crippen LogP contribution in [0.4, 0.5) is 0 Å². The molecule has 0 unspecified atom stereocenters. The van der Waals surface area contributed by atoms with Crippen molar-refractivity contribution in [1.82, 2.24) is 19.3 Å². The smallest absolute Gasteiger partial charge is 0.244 e. The normalized spacial score (nSPS) is 14.7. The summed E-state index contributed by atoms with van der Waals surface area (Å²) >= 11 is 0. The number of nitrogens with zero attached hydrogens (tertiary/aromatic N) is 5. The first kappa shape index (κ1) is 22.6. The van der Waals surface area contributed by atoms with E-state index in [1.165, 1.54) is 16.4 Å². The van der Waals surface area contributed by atoms with Crippen LogP contribution in [0.2, 0.25) is 0 Å². The standard InChI is InChI=1S/C23H23N5O4S/c1-17-6-8-18(9-7-17)23-25-21(32-26-23)10-11-22(29)27-12-14-28(15-13-27)33(30,31)20-5-3-2-4-19(20)16-24/h2-9H,10-15H2,1H3. The Labute approximate surface area is 192 Å². The van der Waals surface area contributed by atoms with Gasteiger partial charge in [0.1, 0.15) is 6.07 Å². The largest absolute Gasteiger partial charge is 0.340 e. The van der Waals surface area contributed by atoms with Gasteiger partial charge in [0.25, 0.3) is 0 Å². The third-order valence-electron chi connectivity index (χ3n) is 5.55. The van der Waals surface area contributed by atoms with Crippen molar-refractivity contribution < 1.29 is 17.7 Å². The number of sulfonamides is 1. The summed E-state index contributed by atoms with van der Waals surface area (Å²) in [6, 6.07) is 15.8. The molecule has 170 valence electrons. The molecule has 0 N–H and O–H groups in total. The molecule has 0 atom stereocenters. The Balaban J connectivity index is 1.32. The minimum Gasteiger partial charge on any atom is -0.340 e. The second kappa shape index (κ2) is 9.52. The van der Waals surface area contributed by atoms with E-state index >= 15 is 0 Å². The molecule has 3 aromatic rings. The maximum atomic E-state index is 12.9. The Kier molecular flexibility index (Phi) is 6.53. The molecular formula is C23H23N5O4S. The van der Waals surface area contributed by atoms with Crippen molar-refractivity contribution in [2.75, 3.05) is 26.2 Å². The van der Waals surface area contributed by atoms with Gasteiger partial charge in [-0.25, -0.2) is 8.42 Å². The molecule has 0 saturated carbocycles. The van der Waals surface area contributed by atoms with Crippen LogP contribution < -0.4 is 0 Å². The van der Waals surface area contributed by atoms with E-state index in [0.29, 0.717) is 18.1 Å². The number of rotatable bonds is 6. The van der Waals surface area contributed by atoms with Crippen LogP contribution in [0.3, 0.4) is 0 Å². The topological polar surface area (TPSA) is 120 Å². The minimum absolute atomic E-state index is 0.00643. The van der Waals surface area contributed by atoms with Crippen molar-refractivity contribution in [1.29, 1.82) is 5.26 Å². The van der Waals surface area contributed by atoms with Crippen LogP contribution in [0.1, 0.15) is 23.4 Å². The van der Waals surface area contributed by atoms with Crippen molar-refractivity contribution in [3.63, 3.8) is 0 Å². The number of hydrogen-bond donors (Lipinski definition) is 0. The quantitative estimate of drug-likeness (QED) is 0.548. The number of nitriles is 1. The first-order valence-electron chi connectivity index (χ1n) is 10.5. The molecule has 1 aromatic heterocycles. The van der Waals surface area contributed by atoms with Crippen LogP contribution in [0.15, 0.2) is 57.9 Å². The fourth-order valence-electron chi connectivity index (χ4n) is 3.65. The van der Waals surface area contributed by atoms with Gasteiger partial charge in [-0.15, -0.1) is 0 Å². The lowest BCUT2D eigenvalue weighted by Gasteiger charge is -2.34. The maximum absolute atomic E-state index is 12.9. The van der Waals surface area contributed by atoms with E-state index in [9.17, 15) is 18.5 Å². The summed E-state index contributed by atoms with van der Waals surface area (Å²) in [6.45, 7) is 2.91. The molecule has 0 bridgehead atoms. The van der Waals surface area contributed by atoms with E-state index in [0.717, 1.165) is 11.1 Å². The van der Waals surface area contributed by atoms with Gasteiger partial charge in [-0.05, 0) is 19.1 Å². The van der Waals surface area contributed by atoms with Gasteiger partial charge < -0.3 is 9.42 Å². The van der Waals surface area contributed by atoms with Gasteiger partial charge >= 0.3 is 0 Å². The molecule has 9 nitrogen and oxygen atoms in total. The van der Waals surface area contributed by atoms with Crippen LogP contribution in [-0.2, 0) is 21.2 Å². The van der Waals surface area contributed by atoms with Gasteiger partial charge in [-0.3, -0.25) is 4.79 Å². The SMILES string of the molecule is Cc1ccc(-c2noc(CCC(=O)N3CCN(S(=O)(=O)c4ccccc4C#N)CC3)n2)cc1. The number of carbonyl (C=O) groups is 1. The maximum Gasteiger partial charge on any atom is 0.244 e. The zero-order chi connectivity index (χ0) is 23.4. The number of piperazine rings is 1. The van der Waals surface area contributed by atoms with Gasteiger partial charge in [0, 0.05) is 44.6 Å². The molecule has 1 aliphatic rings. The molecule has 1 fully saturated rings. The second-order valence-corrected chi connectivity index (χ2v) is 9.68. The van der Waals surface area contributed by atoms with Crippen molar-refractivity contribution in [3.05, 3.63) is 65.5 Å². The Morgan fingerprint density at radius 2 is 1.79 bits per heavy atom. The van der Waals surface area contributed by atoms with Gasteiger partial charge in [0.2, 0.25) is 27.6 Å². The third kappa shape index (κ3) is 4.94. The number of amides is 1. The molecule has 1 aliphatic heterocycles. The lowest BCUT2D eigenvalue weighted by atomic mass is 10.1. The average Bonchev–Trinajstić information content (AvgIpc) is 3.32. The molecule has 10 heteroatoms. The van der Waals surface area contributed by atoms with Crippen molar-refractivity contribution >= 4 is 15.9 Å². The lowest BCUT2D eigenvalue weighted by molar-refractivity contribution is -0.132. The van der Waals surface area contributed by atoms with E-state index in [1.807, 2.05) is 37.3 Å². The highest BCUT2D eigenvalue weighted by Crippen LogP contribution is 2.21. The van der Waals surface area contributed by atoms with E-state index < -0.39 is 10.0 Å². The molecule has 2 heterocycles. The summed E-state index contributed by atoms with van der Waals surface area (Å²) in [7, 11) is -3.80. The highest BCUT2D eigenvalue weighted by Gasteiger charge is 2.31. The first-order chi connectivity index (χ1) is 15.9. The Hall–Kier alpha value is -3.55. The number of aryl methyl sites for hydroxylation is 2. The zero-order valence-electron chi connectivity index (χ0n) is 18.1. The minimum atomic E-state index is -3.80. The predicted molar refractivity (Wildman–Crippen MR) is 119 cm³/mol. The van der Waals surface area contributed by atoms with Crippen molar-refractivity contribution in [2.45, 2.75) is 24.7 Å². The molecule has 33 heavy (non-hydrogen) atoms. The molecule has 2 aromatic carbocycles. The van der Waals surface area contributed by atoms with Gasteiger partial charge in [-0.1, -0.05) is 47.1 Å². The summed E-state index contributed by atoms with van der Waals surface area (Å²) in [5.41, 5.74) is 2.09. The third-order valence-corrected chi connectivity index (χ3v) is 7.50. The Bertz CT molecular complexity index is 1290. The first-order valence-corrected chi connectivity index (χ1v) is 12.0. The predicted octanol–water partition coefficient (Wildman–Crippen LogP) is 2.38. The van der Waals surface area contributed by atoms with Gasteiger partial charge in [-0.2, -0.15) is 14.6 Å². The molecule has 0 aliphatic carbocycles. The molecule has 0 radical (unpaired) electrons. The molecule has 4 rings (SSSR count). The Morgan fingerprint density at radius 3 is 2.48 bits per heavy atom. The molecule has 0 spiro atoms. The molecular weight excluding hydrogens is 442 g/mol. The number of benzene rings is 2. The lowest BCUT2D eigenvalue weighted by Crippen LogP contribution is -2.50. The number of aromatic nitrogens is 2. The number of carbonyl (C=O) groups excluding carboxylic acids is 1.